The van der Waals surface area contributed by atoms with E-state index < -0.39 is 6.03 Å². The summed E-state index contributed by atoms with van der Waals surface area (Å²) in [5.74, 6) is 2.61. The maximum absolute atomic E-state index is 12.2. The van der Waals surface area contributed by atoms with Crippen LogP contribution in [0.5, 0.6) is 23.0 Å². The fraction of sp³-hybridized carbons (Fsp3) is 0.125. The second-order valence-electron chi connectivity index (χ2n) is 5.34. The Labute approximate surface area is 145 Å². The number of benzene rings is 2. The van der Waals surface area contributed by atoms with Crippen molar-refractivity contribution in [2.24, 2.45) is 0 Å². The van der Waals surface area contributed by atoms with Crippen LogP contribution in [0.1, 0.15) is 0 Å². The summed E-state index contributed by atoms with van der Waals surface area (Å²) in [6.45, 7) is 0.406. The molecule has 0 radical (unpaired) electrons. The van der Waals surface area contributed by atoms with Crippen molar-refractivity contribution >= 4 is 38.4 Å². The number of hydrogen-bond donors (Lipinski definition) is 2. The second kappa shape index (κ2) is 5.42. The molecule has 0 saturated heterocycles. The molecule has 0 spiro atoms. The maximum Gasteiger partial charge on any atom is 0.325 e. The minimum absolute atomic E-state index is 0.189. The Kier molecular flexibility index (Phi) is 3.07. The number of aromatic nitrogens is 1. The van der Waals surface area contributed by atoms with E-state index in [0.717, 1.165) is 10.2 Å². The molecule has 2 aliphatic rings. The van der Waals surface area contributed by atoms with Crippen molar-refractivity contribution in [1.82, 2.24) is 4.98 Å². The first-order valence-electron chi connectivity index (χ1n) is 7.42. The number of anilines is 2. The van der Waals surface area contributed by atoms with Crippen LogP contribution in [0.25, 0.3) is 10.2 Å². The third kappa shape index (κ3) is 2.54. The number of carbonyl (C=O) groups excluding carboxylic acids is 1. The van der Waals surface area contributed by atoms with E-state index in [9.17, 15) is 4.79 Å². The molecule has 2 aromatic carbocycles. The van der Waals surface area contributed by atoms with E-state index in [-0.39, 0.29) is 13.6 Å². The number of carbonyl (C=O) groups is 1. The van der Waals surface area contributed by atoms with Crippen LogP contribution in [-0.4, -0.2) is 24.6 Å². The van der Waals surface area contributed by atoms with Gasteiger partial charge in [-0.15, -0.1) is 0 Å². The van der Waals surface area contributed by atoms with Gasteiger partial charge in [0, 0.05) is 23.9 Å². The van der Waals surface area contributed by atoms with Gasteiger partial charge in [0.15, 0.2) is 28.1 Å². The van der Waals surface area contributed by atoms with Crippen LogP contribution in [0, 0.1) is 0 Å². The van der Waals surface area contributed by atoms with Gasteiger partial charge in [-0.3, -0.25) is 5.32 Å². The van der Waals surface area contributed by atoms with E-state index in [1.807, 2.05) is 6.07 Å². The zero-order valence-electron chi connectivity index (χ0n) is 12.7. The average molecular weight is 357 g/mol. The van der Waals surface area contributed by atoms with Crippen LogP contribution in [0.15, 0.2) is 30.3 Å². The highest BCUT2D eigenvalue weighted by molar-refractivity contribution is 7.22. The number of nitrogens with one attached hydrogen (secondary N) is 2. The first-order chi connectivity index (χ1) is 12.2. The molecule has 9 heteroatoms. The summed E-state index contributed by atoms with van der Waals surface area (Å²) >= 11 is 1.36. The highest BCUT2D eigenvalue weighted by atomic mass is 32.1. The molecule has 3 aromatic rings. The van der Waals surface area contributed by atoms with Gasteiger partial charge in [0.2, 0.25) is 13.6 Å². The highest BCUT2D eigenvalue weighted by Crippen LogP contribution is 2.39. The van der Waals surface area contributed by atoms with Crippen molar-refractivity contribution in [1.29, 1.82) is 0 Å². The van der Waals surface area contributed by atoms with E-state index in [1.165, 1.54) is 11.3 Å². The summed E-state index contributed by atoms with van der Waals surface area (Å²) in [5, 5.41) is 5.95. The van der Waals surface area contributed by atoms with Gasteiger partial charge in [0.1, 0.15) is 0 Å². The molecule has 0 atom stereocenters. The van der Waals surface area contributed by atoms with Crippen LogP contribution in [0.4, 0.5) is 15.6 Å². The molecule has 0 fully saturated rings. The van der Waals surface area contributed by atoms with Crippen LogP contribution >= 0.6 is 11.3 Å². The molecule has 1 aromatic heterocycles. The van der Waals surface area contributed by atoms with E-state index in [2.05, 4.69) is 15.6 Å². The predicted molar refractivity (Wildman–Crippen MR) is 90.9 cm³/mol. The fourth-order valence-electron chi connectivity index (χ4n) is 2.61. The van der Waals surface area contributed by atoms with Gasteiger partial charge in [-0.25, -0.2) is 9.78 Å². The Morgan fingerprint density at radius 2 is 1.64 bits per heavy atom. The summed E-state index contributed by atoms with van der Waals surface area (Å²) in [4.78, 5) is 16.6. The summed E-state index contributed by atoms with van der Waals surface area (Å²) in [5.41, 5.74) is 1.34. The van der Waals surface area contributed by atoms with E-state index >= 15 is 0 Å². The number of rotatable bonds is 2. The molecular formula is C16H11N3O5S. The molecular weight excluding hydrogens is 346 g/mol. The molecule has 2 amide bonds. The number of urea groups is 1. The minimum Gasteiger partial charge on any atom is -0.454 e. The third-order valence-corrected chi connectivity index (χ3v) is 4.67. The molecule has 5 rings (SSSR count). The second-order valence-corrected chi connectivity index (χ2v) is 6.37. The lowest BCUT2D eigenvalue weighted by Gasteiger charge is -2.06. The highest BCUT2D eigenvalue weighted by Gasteiger charge is 2.18. The number of hydrogen-bond acceptors (Lipinski definition) is 7. The Bertz CT molecular complexity index is 962. The number of amides is 2. The number of fused-ring (bicyclic) bond motifs is 3. The zero-order valence-corrected chi connectivity index (χ0v) is 13.5. The van der Waals surface area contributed by atoms with Crippen molar-refractivity contribution in [3.63, 3.8) is 0 Å². The molecule has 0 bridgehead atoms. The quantitative estimate of drug-likeness (QED) is 0.730. The van der Waals surface area contributed by atoms with Crippen LogP contribution in [0.2, 0.25) is 0 Å². The Morgan fingerprint density at radius 3 is 2.48 bits per heavy atom. The number of thiazole rings is 1. The van der Waals surface area contributed by atoms with E-state index in [0.29, 0.717) is 33.8 Å². The molecule has 0 aliphatic carbocycles. The minimum atomic E-state index is -0.391. The Balaban J connectivity index is 1.33. The fourth-order valence-corrected chi connectivity index (χ4v) is 3.48. The smallest absolute Gasteiger partial charge is 0.325 e. The molecule has 25 heavy (non-hydrogen) atoms. The normalized spacial score (nSPS) is 13.9. The van der Waals surface area contributed by atoms with Crippen LogP contribution < -0.4 is 29.6 Å². The van der Waals surface area contributed by atoms with Crippen molar-refractivity contribution in [3.05, 3.63) is 30.3 Å². The first kappa shape index (κ1) is 14.2. The largest absolute Gasteiger partial charge is 0.454 e. The topological polar surface area (TPSA) is 90.9 Å². The molecule has 0 unspecified atom stereocenters. The molecule has 3 heterocycles. The van der Waals surface area contributed by atoms with Gasteiger partial charge in [-0.05, 0) is 12.1 Å². The van der Waals surface area contributed by atoms with Gasteiger partial charge in [0.05, 0.1) is 10.2 Å². The predicted octanol–water partition coefficient (Wildman–Crippen LogP) is 3.40. The summed E-state index contributed by atoms with van der Waals surface area (Å²) < 4.78 is 22.1. The third-order valence-electron chi connectivity index (χ3n) is 3.73. The van der Waals surface area contributed by atoms with E-state index in [4.69, 9.17) is 18.9 Å². The summed E-state index contributed by atoms with van der Waals surface area (Å²) in [6, 6.07) is 8.46. The lowest BCUT2D eigenvalue weighted by molar-refractivity contribution is 0.173. The lowest BCUT2D eigenvalue weighted by Crippen LogP contribution is -2.19. The first-order valence-corrected chi connectivity index (χ1v) is 8.24. The maximum atomic E-state index is 12.2. The summed E-state index contributed by atoms with van der Waals surface area (Å²) in [6.07, 6.45) is 0. The molecule has 126 valence electrons. The SMILES string of the molecule is O=C(Nc1ccc2c(c1)OCO2)Nc1nc2cc3c(cc2s1)OCO3. The van der Waals surface area contributed by atoms with Crippen molar-refractivity contribution in [2.75, 3.05) is 24.2 Å². The van der Waals surface area contributed by atoms with Crippen molar-refractivity contribution < 1.29 is 23.7 Å². The lowest BCUT2D eigenvalue weighted by atomic mass is 10.3. The Hall–Kier alpha value is -3.20. The molecule has 2 N–H and O–H groups in total. The molecule has 0 saturated carbocycles. The summed E-state index contributed by atoms with van der Waals surface area (Å²) in [7, 11) is 0. The number of nitrogens with zero attached hydrogens (tertiary/aromatic N) is 1. The van der Waals surface area contributed by atoms with Crippen LogP contribution in [-0.2, 0) is 0 Å². The molecule has 8 nitrogen and oxygen atoms in total. The standard InChI is InChI=1S/C16H11N3O5S/c20-15(17-8-1-2-10-11(3-8)22-6-21-10)19-16-18-9-4-12-13(24-7-23-12)5-14(9)25-16/h1-5H,6-7H2,(H2,17,18,19,20). The van der Waals surface area contributed by atoms with Gasteiger partial charge >= 0.3 is 6.03 Å². The Morgan fingerprint density at radius 1 is 0.920 bits per heavy atom. The van der Waals surface area contributed by atoms with Gasteiger partial charge in [-0.2, -0.15) is 0 Å². The number of ether oxygens (including phenoxy) is 4. The van der Waals surface area contributed by atoms with Gasteiger partial charge in [0.25, 0.3) is 0 Å². The van der Waals surface area contributed by atoms with Crippen molar-refractivity contribution in [2.45, 2.75) is 0 Å². The van der Waals surface area contributed by atoms with Crippen molar-refractivity contribution in [3.8, 4) is 23.0 Å². The van der Waals surface area contributed by atoms with Crippen LogP contribution in [0.3, 0.4) is 0 Å². The van der Waals surface area contributed by atoms with E-state index in [1.54, 1.807) is 24.3 Å². The monoisotopic (exact) mass is 357 g/mol. The average Bonchev–Trinajstić information content (AvgIpc) is 3.29. The molecule has 2 aliphatic heterocycles. The van der Waals surface area contributed by atoms with Gasteiger partial charge < -0.3 is 24.3 Å². The van der Waals surface area contributed by atoms with Gasteiger partial charge in [-0.1, -0.05) is 11.3 Å². The zero-order chi connectivity index (χ0) is 16.8.